The molecule has 2 saturated heterocycles. The second-order valence-corrected chi connectivity index (χ2v) is 5.00. The number of aliphatic imine (C=N–C) groups is 1. The molecule has 1 unspecified atom stereocenters. The Labute approximate surface area is 114 Å². The van der Waals surface area contributed by atoms with Crippen LogP contribution in [0, 0.1) is 5.92 Å². The Morgan fingerprint density at radius 3 is 2.84 bits per heavy atom. The minimum atomic E-state index is 0.585. The summed E-state index contributed by atoms with van der Waals surface area (Å²) in [6.45, 7) is 7.17. The second kappa shape index (κ2) is 8.35. The van der Waals surface area contributed by atoms with Gasteiger partial charge in [0.15, 0.2) is 5.96 Å². The normalized spacial score (nSPS) is 24.9. The van der Waals surface area contributed by atoms with E-state index in [-0.39, 0.29) is 0 Å². The Balaban J connectivity index is 1.50. The van der Waals surface area contributed by atoms with Crippen molar-refractivity contribution in [3.05, 3.63) is 0 Å². The number of rotatable bonds is 6. The minimum absolute atomic E-state index is 0.585. The summed E-state index contributed by atoms with van der Waals surface area (Å²) >= 11 is 0. The van der Waals surface area contributed by atoms with Crippen LogP contribution in [0.1, 0.15) is 12.8 Å². The lowest BCUT2D eigenvalue weighted by Gasteiger charge is -2.27. The van der Waals surface area contributed by atoms with E-state index in [2.05, 4.69) is 9.89 Å². The molecule has 1 atom stereocenters. The molecule has 0 aromatic carbocycles. The van der Waals surface area contributed by atoms with Crippen molar-refractivity contribution >= 4 is 5.96 Å². The van der Waals surface area contributed by atoms with E-state index in [0.717, 1.165) is 72.1 Å². The molecule has 110 valence electrons. The molecule has 6 heteroatoms. The van der Waals surface area contributed by atoms with Crippen molar-refractivity contribution in [2.75, 3.05) is 59.3 Å². The third-order valence-corrected chi connectivity index (χ3v) is 3.43. The lowest BCUT2D eigenvalue weighted by Crippen LogP contribution is -2.44. The summed E-state index contributed by atoms with van der Waals surface area (Å²) in [5.74, 6) is 1.22. The molecular weight excluding hydrogens is 246 g/mol. The fraction of sp³-hybridized carbons (Fsp3) is 0.923. The Morgan fingerprint density at radius 1 is 1.26 bits per heavy atom. The van der Waals surface area contributed by atoms with Crippen LogP contribution in [0.25, 0.3) is 0 Å². The Bertz CT molecular complexity index is 274. The summed E-state index contributed by atoms with van der Waals surface area (Å²) in [5.41, 5.74) is 5.93. The topological polar surface area (TPSA) is 69.3 Å². The zero-order chi connectivity index (χ0) is 13.3. The van der Waals surface area contributed by atoms with Gasteiger partial charge in [0.2, 0.25) is 0 Å². The van der Waals surface area contributed by atoms with E-state index in [0.29, 0.717) is 11.9 Å². The maximum Gasteiger partial charge on any atom is 0.191 e. The van der Waals surface area contributed by atoms with Crippen molar-refractivity contribution in [1.82, 2.24) is 4.90 Å². The van der Waals surface area contributed by atoms with Crippen molar-refractivity contribution in [2.45, 2.75) is 12.8 Å². The van der Waals surface area contributed by atoms with E-state index in [1.54, 1.807) is 0 Å². The molecule has 0 aromatic rings. The molecule has 2 heterocycles. The second-order valence-electron chi connectivity index (χ2n) is 5.00. The minimum Gasteiger partial charge on any atom is -0.381 e. The van der Waals surface area contributed by atoms with Gasteiger partial charge in [0, 0.05) is 38.8 Å². The third-order valence-electron chi connectivity index (χ3n) is 3.43. The van der Waals surface area contributed by atoms with Crippen LogP contribution in [0.15, 0.2) is 4.99 Å². The molecule has 2 aliphatic heterocycles. The predicted octanol–water partition coefficient (Wildman–Crippen LogP) is 0.0765. The molecule has 0 bridgehead atoms. The quantitative estimate of drug-likeness (QED) is 0.421. The van der Waals surface area contributed by atoms with Crippen LogP contribution in [0.5, 0.6) is 0 Å². The summed E-state index contributed by atoms with van der Waals surface area (Å²) < 4.78 is 16.2. The SMILES string of the molecule is NC(=NCCCOCC1CCOC1)N1CCOCC1. The van der Waals surface area contributed by atoms with Crippen LogP contribution in [-0.2, 0) is 14.2 Å². The summed E-state index contributed by atoms with van der Waals surface area (Å²) in [6.07, 6.45) is 2.04. The zero-order valence-electron chi connectivity index (χ0n) is 11.6. The molecule has 0 spiro atoms. The highest BCUT2D eigenvalue weighted by Gasteiger charge is 2.15. The summed E-state index contributed by atoms with van der Waals surface area (Å²) in [6, 6.07) is 0. The van der Waals surface area contributed by atoms with Crippen LogP contribution in [-0.4, -0.2) is 70.1 Å². The van der Waals surface area contributed by atoms with Gasteiger partial charge in [-0.15, -0.1) is 0 Å². The van der Waals surface area contributed by atoms with Crippen molar-refractivity contribution in [1.29, 1.82) is 0 Å². The molecule has 0 saturated carbocycles. The number of hydrogen-bond donors (Lipinski definition) is 1. The van der Waals surface area contributed by atoms with E-state index in [4.69, 9.17) is 19.9 Å². The van der Waals surface area contributed by atoms with Crippen molar-refractivity contribution in [3.63, 3.8) is 0 Å². The van der Waals surface area contributed by atoms with Crippen LogP contribution in [0.4, 0.5) is 0 Å². The standard InChI is InChI=1S/C13H25N3O3/c14-13(16-4-8-17-9-5-16)15-3-1-6-18-10-12-2-7-19-11-12/h12H,1-11H2,(H2,14,15). The molecule has 0 radical (unpaired) electrons. The maximum atomic E-state index is 5.93. The molecule has 2 rings (SSSR count). The number of nitrogens with zero attached hydrogens (tertiary/aromatic N) is 2. The lowest BCUT2D eigenvalue weighted by molar-refractivity contribution is 0.0673. The van der Waals surface area contributed by atoms with Gasteiger partial charge in [0.05, 0.1) is 26.4 Å². The van der Waals surface area contributed by atoms with E-state index in [9.17, 15) is 0 Å². The highest BCUT2D eigenvalue weighted by atomic mass is 16.5. The first-order chi connectivity index (χ1) is 9.36. The van der Waals surface area contributed by atoms with Gasteiger partial charge in [-0.2, -0.15) is 0 Å². The van der Waals surface area contributed by atoms with Crippen molar-refractivity contribution in [2.24, 2.45) is 16.6 Å². The van der Waals surface area contributed by atoms with Crippen molar-refractivity contribution < 1.29 is 14.2 Å². The van der Waals surface area contributed by atoms with Gasteiger partial charge in [0.1, 0.15) is 0 Å². The first-order valence-corrected chi connectivity index (χ1v) is 7.14. The van der Waals surface area contributed by atoms with E-state index in [1.165, 1.54) is 0 Å². The summed E-state index contributed by atoms with van der Waals surface area (Å²) in [4.78, 5) is 6.45. The number of morpholine rings is 1. The predicted molar refractivity (Wildman–Crippen MR) is 73.2 cm³/mol. The summed E-state index contributed by atoms with van der Waals surface area (Å²) in [5, 5.41) is 0. The van der Waals surface area contributed by atoms with Gasteiger partial charge in [0.25, 0.3) is 0 Å². The monoisotopic (exact) mass is 271 g/mol. The fourth-order valence-corrected chi connectivity index (χ4v) is 2.22. The van der Waals surface area contributed by atoms with Gasteiger partial charge in [-0.25, -0.2) is 0 Å². The average molecular weight is 271 g/mol. The molecule has 0 aromatic heterocycles. The molecule has 2 N–H and O–H groups in total. The van der Waals surface area contributed by atoms with Crippen LogP contribution in [0.2, 0.25) is 0 Å². The number of nitrogens with two attached hydrogens (primary N) is 1. The number of hydrogen-bond acceptors (Lipinski definition) is 4. The maximum absolute atomic E-state index is 5.93. The van der Waals surface area contributed by atoms with Gasteiger partial charge in [-0.05, 0) is 12.8 Å². The highest BCUT2D eigenvalue weighted by Crippen LogP contribution is 2.12. The van der Waals surface area contributed by atoms with Crippen LogP contribution < -0.4 is 5.73 Å². The van der Waals surface area contributed by atoms with Gasteiger partial charge < -0.3 is 24.8 Å². The van der Waals surface area contributed by atoms with E-state index < -0.39 is 0 Å². The number of guanidine groups is 1. The van der Waals surface area contributed by atoms with E-state index in [1.807, 2.05) is 0 Å². The third kappa shape index (κ3) is 5.34. The summed E-state index contributed by atoms with van der Waals surface area (Å²) in [7, 11) is 0. The van der Waals surface area contributed by atoms with Crippen LogP contribution >= 0.6 is 0 Å². The van der Waals surface area contributed by atoms with Crippen LogP contribution in [0.3, 0.4) is 0 Å². The largest absolute Gasteiger partial charge is 0.381 e. The first-order valence-electron chi connectivity index (χ1n) is 7.14. The van der Waals surface area contributed by atoms with Gasteiger partial charge in [-0.1, -0.05) is 0 Å². The first kappa shape index (κ1) is 14.6. The Kier molecular flexibility index (Phi) is 6.39. The lowest BCUT2D eigenvalue weighted by atomic mass is 10.1. The zero-order valence-corrected chi connectivity index (χ0v) is 11.6. The molecule has 6 nitrogen and oxygen atoms in total. The smallest absolute Gasteiger partial charge is 0.191 e. The molecule has 2 aliphatic rings. The fourth-order valence-electron chi connectivity index (χ4n) is 2.22. The molecule has 2 fully saturated rings. The molecule has 19 heavy (non-hydrogen) atoms. The van der Waals surface area contributed by atoms with Crippen molar-refractivity contribution in [3.8, 4) is 0 Å². The average Bonchev–Trinajstić information content (AvgIpc) is 2.96. The molecule has 0 amide bonds. The molecular formula is C13H25N3O3. The van der Waals surface area contributed by atoms with E-state index >= 15 is 0 Å². The Morgan fingerprint density at radius 2 is 2.11 bits per heavy atom. The van der Waals surface area contributed by atoms with Gasteiger partial charge >= 0.3 is 0 Å². The number of ether oxygens (including phenoxy) is 3. The molecule has 0 aliphatic carbocycles. The Hall–Kier alpha value is -0.850. The van der Waals surface area contributed by atoms with Gasteiger partial charge in [-0.3, -0.25) is 4.99 Å². The highest BCUT2D eigenvalue weighted by molar-refractivity contribution is 5.78.